The van der Waals surface area contributed by atoms with E-state index in [1.807, 2.05) is 47.8 Å². The van der Waals surface area contributed by atoms with Crippen LogP contribution in [-0.4, -0.2) is 66.0 Å². The zero-order valence-electron chi connectivity index (χ0n) is 17.3. The predicted octanol–water partition coefficient (Wildman–Crippen LogP) is 3.45. The molecule has 0 aliphatic carbocycles. The van der Waals surface area contributed by atoms with Crippen molar-refractivity contribution in [3.63, 3.8) is 0 Å². The minimum Gasteiger partial charge on any atom is -0.503 e. The molecule has 4 rings (SSSR count). The first-order chi connectivity index (χ1) is 15.1. The van der Waals surface area contributed by atoms with E-state index in [-0.39, 0.29) is 11.4 Å². The second-order valence-electron chi connectivity index (χ2n) is 7.59. The van der Waals surface area contributed by atoms with Gasteiger partial charge in [-0.2, -0.15) is 0 Å². The van der Waals surface area contributed by atoms with Crippen LogP contribution in [0.1, 0.15) is 22.9 Å². The summed E-state index contributed by atoms with van der Waals surface area (Å²) in [4.78, 5) is 30.8. The van der Waals surface area contributed by atoms with Gasteiger partial charge in [0.15, 0.2) is 11.5 Å². The van der Waals surface area contributed by atoms with Crippen molar-refractivity contribution >= 4 is 29.1 Å². The minimum atomic E-state index is -0.551. The number of ether oxygens (including phenoxy) is 1. The Morgan fingerprint density at radius 3 is 2.61 bits per heavy atom. The summed E-state index contributed by atoms with van der Waals surface area (Å²) in [5.74, 6) is -1.26. The molecule has 1 aromatic heterocycles. The van der Waals surface area contributed by atoms with Crippen molar-refractivity contribution in [1.82, 2.24) is 9.80 Å². The lowest BCUT2D eigenvalue weighted by molar-refractivity contribution is -0.129. The van der Waals surface area contributed by atoms with Gasteiger partial charge in [-0.05, 0) is 29.5 Å². The highest BCUT2D eigenvalue weighted by Gasteiger charge is 2.43. The van der Waals surface area contributed by atoms with Crippen LogP contribution in [0.5, 0.6) is 0 Å². The molecule has 1 amide bonds. The molecular formula is C24H26N2O4S. The lowest BCUT2D eigenvalue weighted by Crippen LogP contribution is -2.39. The van der Waals surface area contributed by atoms with Gasteiger partial charge in [0.25, 0.3) is 5.91 Å². The summed E-state index contributed by atoms with van der Waals surface area (Å²) in [7, 11) is 0. The number of carbonyl (C=O) groups excluding carboxylic acids is 2. The Morgan fingerprint density at radius 1 is 1.13 bits per heavy atom. The highest BCUT2D eigenvalue weighted by atomic mass is 32.1. The van der Waals surface area contributed by atoms with Crippen LogP contribution in [0, 0.1) is 0 Å². The van der Waals surface area contributed by atoms with Gasteiger partial charge in [-0.3, -0.25) is 14.5 Å². The lowest BCUT2D eigenvalue weighted by atomic mass is 10.0. The normalized spacial score (nSPS) is 20.2. The van der Waals surface area contributed by atoms with E-state index in [2.05, 4.69) is 4.90 Å². The SMILES string of the molecule is O=C(/C=C/c1ccccc1)C1=C(O)C(=O)N(CCCN2CCOCC2)C1c1cccs1. The number of benzene rings is 1. The molecule has 2 aliphatic heterocycles. The fourth-order valence-corrected chi connectivity index (χ4v) is 4.84. The lowest BCUT2D eigenvalue weighted by Gasteiger charge is -2.29. The van der Waals surface area contributed by atoms with Crippen LogP contribution in [0.2, 0.25) is 0 Å². The molecule has 0 spiro atoms. The van der Waals surface area contributed by atoms with E-state index in [4.69, 9.17) is 4.74 Å². The summed E-state index contributed by atoms with van der Waals surface area (Å²) in [6.45, 7) is 4.56. The molecule has 0 saturated carbocycles. The quantitative estimate of drug-likeness (QED) is 0.640. The number of hydrogen-bond acceptors (Lipinski definition) is 6. The van der Waals surface area contributed by atoms with E-state index >= 15 is 0 Å². The number of allylic oxidation sites excluding steroid dienone is 1. The Labute approximate surface area is 186 Å². The second kappa shape index (κ2) is 10.0. The number of thiophene rings is 1. The van der Waals surface area contributed by atoms with Gasteiger partial charge in [-0.25, -0.2) is 0 Å². The van der Waals surface area contributed by atoms with Gasteiger partial charge in [0.1, 0.15) is 0 Å². The maximum atomic E-state index is 13.0. The zero-order chi connectivity index (χ0) is 21.6. The van der Waals surface area contributed by atoms with Crippen LogP contribution in [0.15, 0.2) is 65.3 Å². The number of rotatable bonds is 8. The van der Waals surface area contributed by atoms with Gasteiger partial charge in [-0.15, -0.1) is 11.3 Å². The molecule has 1 fully saturated rings. The van der Waals surface area contributed by atoms with Crippen LogP contribution in [0.3, 0.4) is 0 Å². The van der Waals surface area contributed by atoms with E-state index in [0.29, 0.717) is 6.54 Å². The van der Waals surface area contributed by atoms with E-state index < -0.39 is 17.7 Å². The minimum absolute atomic E-state index is 0.158. The van der Waals surface area contributed by atoms with Crippen molar-refractivity contribution in [3.05, 3.63) is 75.7 Å². The fraction of sp³-hybridized carbons (Fsp3) is 0.333. The fourth-order valence-electron chi connectivity index (χ4n) is 3.99. The predicted molar refractivity (Wildman–Crippen MR) is 121 cm³/mol. The Hall–Kier alpha value is -2.74. The summed E-state index contributed by atoms with van der Waals surface area (Å²) in [6.07, 6.45) is 3.91. The second-order valence-corrected chi connectivity index (χ2v) is 8.57. The molecule has 162 valence electrons. The number of carbonyl (C=O) groups is 2. The van der Waals surface area contributed by atoms with Gasteiger partial charge in [0.05, 0.1) is 24.8 Å². The Balaban J connectivity index is 1.51. The topological polar surface area (TPSA) is 70.1 Å². The Bertz CT molecular complexity index is 963. The van der Waals surface area contributed by atoms with Crippen molar-refractivity contribution in [2.24, 2.45) is 0 Å². The van der Waals surface area contributed by atoms with Crippen LogP contribution in [0.4, 0.5) is 0 Å². The largest absolute Gasteiger partial charge is 0.503 e. The monoisotopic (exact) mass is 438 g/mol. The smallest absolute Gasteiger partial charge is 0.290 e. The van der Waals surface area contributed by atoms with Crippen LogP contribution >= 0.6 is 11.3 Å². The number of aliphatic hydroxyl groups excluding tert-OH is 1. The summed E-state index contributed by atoms with van der Waals surface area (Å²) in [6, 6.07) is 12.7. The Kier molecular flexibility index (Phi) is 6.96. The number of ketones is 1. The molecule has 1 saturated heterocycles. The van der Waals surface area contributed by atoms with Crippen molar-refractivity contribution in [1.29, 1.82) is 0 Å². The molecule has 1 N–H and O–H groups in total. The average Bonchev–Trinajstić information content (AvgIpc) is 3.41. The third kappa shape index (κ3) is 4.95. The van der Waals surface area contributed by atoms with Gasteiger partial charge in [0, 0.05) is 31.1 Å². The summed E-state index contributed by atoms with van der Waals surface area (Å²) in [5.41, 5.74) is 1.04. The van der Waals surface area contributed by atoms with Gasteiger partial charge >= 0.3 is 0 Å². The average molecular weight is 439 g/mol. The molecule has 1 aromatic carbocycles. The number of aliphatic hydroxyl groups is 1. The van der Waals surface area contributed by atoms with Crippen LogP contribution in [0.25, 0.3) is 6.08 Å². The van der Waals surface area contributed by atoms with Gasteiger partial charge in [0.2, 0.25) is 0 Å². The summed E-state index contributed by atoms with van der Waals surface area (Å²) >= 11 is 1.48. The van der Waals surface area contributed by atoms with E-state index in [0.717, 1.165) is 49.7 Å². The highest BCUT2D eigenvalue weighted by Crippen LogP contribution is 2.39. The number of nitrogens with zero attached hydrogens (tertiary/aromatic N) is 2. The van der Waals surface area contributed by atoms with Crippen molar-refractivity contribution < 1.29 is 19.4 Å². The van der Waals surface area contributed by atoms with Crippen molar-refractivity contribution in [2.75, 3.05) is 39.4 Å². The zero-order valence-corrected chi connectivity index (χ0v) is 18.1. The Morgan fingerprint density at radius 2 is 1.90 bits per heavy atom. The van der Waals surface area contributed by atoms with Crippen molar-refractivity contribution in [2.45, 2.75) is 12.5 Å². The van der Waals surface area contributed by atoms with E-state index in [1.165, 1.54) is 17.4 Å². The van der Waals surface area contributed by atoms with Crippen LogP contribution in [-0.2, 0) is 14.3 Å². The maximum Gasteiger partial charge on any atom is 0.290 e. The number of hydrogen-bond donors (Lipinski definition) is 1. The third-order valence-corrected chi connectivity index (χ3v) is 6.51. The summed E-state index contributed by atoms with van der Waals surface area (Å²) in [5, 5.41) is 12.5. The molecular weight excluding hydrogens is 412 g/mol. The molecule has 2 aliphatic rings. The molecule has 0 bridgehead atoms. The van der Waals surface area contributed by atoms with E-state index in [1.54, 1.807) is 11.0 Å². The molecule has 0 radical (unpaired) electrons. The first-order valence-corrected chi connectivity index (χ1v) is 11.4. The van der Waals surface area contributed by atoms with Crippen molar-refractivity contribution in [3.8, 4) is 0 Å². The molecule has 2 aromatic rings. The first kappa shape index (κ1) is 21.5. The highest BCUT2D eigenvalue weighted by molar-refractivity contribution is 7.10. The number of amides is 1. The first-order valence-electron chi connectivity index (χ1n) is 10.5. The number of morpholine rings is 1. The molecule has 1 unspecified atom stereocenters. The van der Waals surface area contributed by atoms with Gasteiger partial charge in [-0.1, -0.05) is 42.5 Å². The molecule has 1 atom stereocenters. The maximum absolute atomic E-state index is 13.0. The van der Waals surface area contributed by atoms with E-state index in [9.17, 15) is 14.7 Å². The molecule has 6 nitrogen and oxygen atoms in total. The third-order valence-electron chi connectivity index (χ3n) is 5.59. The van der Waals surface area contributed by atoms with Gasteiger partial charge < -0.3 is 14.7 Å². The standard InChI is InChI=1S/C24H26N2O4S/c27-19(10-9-18-6-2-1-3-7-18)21-22(20-8-4-17-31-20)26(24(29)23(21)28)12-5-11-25-13-15-30-16-14-25/h1-4,6-10,17,22,28H,5,11-16H2/b10-9+. The van der Waals surface area contributed by atoms with Crippen LogP contribution < -0.4 is 0 Å². The molecule has 31 heavy (non-hydrogen) atoms. The summed E-state index contributed by atoms with van der Waals surface area (Å²) < 4.78 is 5.38. The molecule has 3 heterocycles. The molecule has 7 heteroatoms.